The number of aromatic nitrogens is 4. The molecule has 0 spiro atoms. The van der Waals surface area contributed by atoms with E-state index in [-0.39, 0.29) is 11.5 Å². The van der Waals surface area contributed by atoms with Crippen molar-refractivity contribution in [3.8, 4) is 11.3 Å². The van der Waals surface area contributed by atoms with E-state index in [1.807, 2.05) is 24.3 Å². The molecule has 0 radical (unpaired) electrons. The number of rotatable bonds is 5. The monoisotopic (exact) mass is 395 g/mol. The summed E-state index contributed by atoms with van der Waals surface area (Å²) in [5.41, 5.74) is 3.29. The summed E-state index contributed by atoms with van der Waals surface area (Å²) in [7, 11) is -3.31. The minimum absolute atomic E-state index is 0.158. The smallest absolute Gasteiger partial charge is 0.247 e. The molecule has 0 atom stereocenters. The fraction of sp³-hybridized carbons (Fsp3) is 0.105. The molecule has 8 nitrogen and oxygen atoms in total. The van der Waals surface area contributed by atoms with E-state index >= 15 is 0 Å². The van der Waals surface area contributed by atoms with Gasteiger partial charge in [-0.1, -0.05) is 18.2 Å². The first-order valence-corrected chi connectivity index (χ1v) is 10.3. The van der Waals surface area contributed by atoms with Crippen LogP contribution in [0, 0.1) is 0 Å². The molecule has 4 aromatic rings. The Balaban J connectivity index is 1.75. The van der Waals surface area contributed by atoms with Crippen molar-refractivity contribution in [2.24, 2.45) is 0 Å². The Labute approximate surface area is 161 Å². The van der Waals surface area contributed by atoms with Gasteiger partial charge in [-0.2, -0.15) is 4.98 Å². The van der Waals surface area contributed by atoms with E-state index in [2.05, 4.69) is 20.4 Å². The predicted octanol–water partition coefficient (Wildman–Crippen LogP) is 2.43. The number of aliphatic hydroxyl groups excluding tert-OH is 1. The molecule has 142 valence electrons. The van der Waals surface area contributed by atoms with Gasteiger partial charge in [-0.25, -0.2) is 12.9 Å². The van der Waals surface area contributed by atoms with Crippen LogP contribution in [0.2, 0.25) is 0 Å². The van der Waals surface area contributed by atoms with Crippen molar-refractivity contribution < 1.29 is 13.5 Å². The third-order valence-corrected chi connectivity index (χ3v) is 5.26. The third kappa shape index (κ3) is 3.57. The maximum Gasteiger partial charge on any atom is 0.247 e. The Morgan fingerprint density at radius 3 is 2.71 bits per heavy atom. The highest BCUT2D eigenvalue weighted by Gasteiger charge is 2.12. The van der Waals surface area contributed by atoms with E-state index in [1.54, 1.807) is 41.0 Å². The van der Waals surface area contributed by atoms with Crippen LogP contribution >= 0.6 is 0 Å². The molecule has 0 aliphatic carbocycles. The molecule has 0 unspecified atom stereocenters. The van der Waals surface area contributed by atoms with E-state index in [1.165, 1.54) is 6.26 Å². The molecule has 0 amide bonds. The van der Waals surface area contributed by atoms with Crippen LogP contribution in [0.15, 0.2) is 65.7 Å². The molecule has 0 aliphatic heterocycles. The number of sulfone groups is 1. The van der Waals surface area contributed by atoms with Gasteiger partial charge in [0, 0.05) is 23.7 Å². The van der Waals surface area contributed by atoms with Gasteiger partial charge in [0.1, 0.15) is 0 Å². The summed E-state index contributed by atoms with van der Waals surface area (Å²) in [6.45, 7) is -0.158. The standard InChI is InChI=1S/C19H17N5O3S/c1-28(26,27)16-5-2-4-13(10-16)17-6-3-7-18-22-19(23-24(17)18)21-14-8-9-20-15(11-14)12-25/h2-11,25H,12H2,1H3,(H,20,21,23). The maximum absolute atomic E-state index is 11.9. The van der Waals surface area contributed by atoms with Crippen molar-refractivity contribution in [2.75, 3.05) is 11.6 Å². The number of aliphatic hydroxyl groups is 1. The first-order valence-electron chi connectivity index (χ1n) is 8.43. The molecular weight excluding hydrogens is 378 g/mol. The molecule has 2 N–H and O–H groups in total. The Hall–Kier alpha value is -3.30. The Kier molecular flexibility index (Phi) is 4.54. The molecule has 0 bridgehead atoms. The Bertz CT molecular complexity index is 1270. The van der Waals surface area contributed by atoms with Crippen LogP contribution in [0.4, 0.5) is 11.6 Å². The molecule has 9 heteroatoms. The lowest BCUT2D eigenvalue weighted by molar-refractivity contribution is 0.277. The van der Waals surface area contributed by atoms with E-state index in [0.29, 0.717) is 28.7 Å². The highest BCUT2D eigenvalue weighted by atomic mass is 32.2. The fourth-order valence-corrected chi connectivity index (χ4v) is 3.50. The van der Waals surface area contributed by atoms with Gasteiger partial charge in [-0.15, -0.1) is 5.10 Å². The number of anilines is 2. The van der Waals surface area contributed by atoms with Crippen LogP contribution in [-0.4, -0.2) is 39.4 Å². The normalized spacial score (nSPS) is 11.6. The number of fused-ring (bicyclic) bond motifs is 1. The van der Waals surface area contributed by atoms with Gasteiger partial charge >= 0.3 is 0 Å². The minimum Gasteiger partial charge on any atom is -0.390 e. The highest BCUT2D eigenvalue weighted by molar-refractivity contribution is 7.90. The lowest BCUT2D eigenvalue weighted by Gasteiger charge is -2.06. The number of hydrogen-bond acceptors (Lipinski definition) is 7. The average molecular weight is 395 g/mol. The van der Waals surface area contributed by atoms with Crippen molar-refractivity contribution in [3.63, 3.8) is 0 Å². The summed E-state index contributed by atoms with van der Waals surface area (Å²) in [6.07, 6.45) is 2.77. The molecule has 0 saturated carbocycles. The zero-order chi connectivity index (χ0) is 19.7. The van der Waals surface area contributed by atoms with Crippen molar-refractivity contribution in [2.45, 2.75) is 11.5 Å². The topological polar surface area (TPSA) is 109 Å². The van der Waals surface area contributed by atoms with Crippen LogP contribution in [0.1, 0.15) is 5.69 Å². The number of hydrogen-bond donors (Lipinski definition) is 2. The lowest BCUT2D eigenvalue weighted by atomic mass is 10.1. The second kappa shape index (κ2) is 7.02. The highest BCUT2D eigenvalue weighted by Crippen LogP contribution is 2.24. The molecule has 1 aromatic carbocycles. The number of pyridine rings is 2. The fourth-order valence-electron chi connectivity index (χ4n) is 2.83. The van der Waals surface area contributed by atoms with Crippen molar-refractivity contribution in [3.05, 3.63) is 66.5 Å². The van der Waals surface area contributed by atoms with Crippen LogP contribution in [0.25, 0.3) is 16.9 Å². The van der Waals surface area contributed by atoms with Crippen LogP contribution < -0.4 is 5.32 Å². The second-order valence-electron chi connectivity index (χ2n) is 6.24. The zero-order valence-corrected chi connectivity index (χ0v) is 15.8. The molecule has 0 aliphatic rings. The molecule has 3 aromatic heterocycles. The molecule has 28 heavy (non-hydrogen) atoms. The Morgan fingerprint density at radius 2 is 1.93 bits per heavy atom. The zero-order valence-electron chi connectivity index (χ0n) is 14.9. The van der Waals surface area contributed by atoms with Gasteiger partial charge in [-0.05, 0) is 36.4 Å². The van der Waals surface area contributed by atoms with Gasteiger partial charge < -0.3 is 10.4 Å². The summed E-state index contributed by atoms with van der Waals surface area (Å²) in [4.78, 5) is 8.74. The van der Waals surface area contributed by atoms with Crippen molar-refractivity contribution in [1.82, 2.24) is 19.6 Å². The summed E-state index contributed by atoms with van der Waals surface area (Å²) < 4.78 is 25.4. The molecular formula is C19H17N5O3S. The first kappa shape index (κ1) is 18.1. The molecule has 0 saturated heterocycles. The number of benzene rings is 1. The summed E-state index contributed by atoms with van der Waals surface area (Å²) in [5, 5.41) is 16.8. The summed E-state index contributed by atoms with van der Waals surface area (Å²) in [5.74, 6) is 0.377. The van der Waals surface area contributed by atoms with E-state index < -0.39 is 9.84 Å². The molecule has 4 rings (SSSR count). The lowest BCUT2D eigenvalue weighted by Crippen LogP contribution is -1.99. The quantitative estimate of drug-likeness (QED) is 0.534. The SMILES string of the molecule is CS(=O)(=O)c1cccc(-c2cccc3nc(Nc4ccnc(CO)c4)nn23)c1. The van der Waals surface area contributed by atoms with Gasteiger partial charge in [0.05, 0.1) is 22.9 Å². The van der Waals surface area contributed by atoms with Crippen LogP contribution in [-0.2, 0) is 16.4 Å². The molecule has 0 fully saturated rings. The van der Waals surface area contributed by atoms with Crippen molar-refractivity contribution >= 4 is 27.1 Å². The van der Waals surface area contributed by atoms with Gasteiger partial charge in [0.25, 0.3) is 0 Å². The van der Waals surface area contributed by atoms with Gasteiger partial charge in [-0.3, -0.25) is 4.98 Å². The first-order chi connectivity index (χ1) is 13.4. The van der Waals surface area contributed by atoms with Gasteiger partial charge in [0.2, 0.25) is 5.95 Å². The summed E-state index contributed by atoms with van der Waals surface area (Å²) >= 11 is 0. The van der Waals surface area contributed by atoms with E-state index in [4.69, 9.17) is 0 Å². The van der Waals surface area contributed by atoms with Gasteiger partial charge in [0.15, 0.2) is 15.5 Å². The van der Waals surface area contributed by atoms with E-state index in [9.17, 15) is 13.5 Å². The third-order valence-electron chi connectivity index (χ3n) is 4.15. The minimum atomic E-state index is -3.31. The van der Waals surface area contributed by atoms with Crippen LogP contribution in [0.3, 0.4) is 0 Å². The second-order valence-corrected chi connectivity index (χ2v) is 8.25. The predicted molar refractivity (Wildman–Crippen MR) is 105 cm³/mol. The maximum atomic E-state index is 11.9. The van der Waals surface area contributed by atoms with Crippen LogP contribution in [0.5, 0.6) is 0 Å². The number of nitrogens with one attached hydrogen (secondary N) is 1. The largest absolute Gasteiger partial charge is 0.390 e. The number of nitrogens with zero attached hydrogens (tertiary/aromatic N) is 4. The van der Waals surface area contributed by atoms with E-state index in [0.717, 1.165) is 5.56 Å². The summed E-state index contributed by atoms with van der Waals surface area (Å²) in [6, 6.07) is 15.7. The molecule has 3 heterocycles. The van der Waals surface area contributed by atoms with Crippen molar-refractivity contribution in [1.29, 1.82) is 0 Å². The Morgan fingerprint density at radius 1 is 1.11 bits per heavy atom. The average Bonchev–Trinajstić information content (AvgIpc) is 3.10.